The van der Waals surface area contributed by atoms with Crippen LogP contribution in [0, 0.1) is 5.92 Å². The highest BCUT2D eigenvalue weighted by atomic mass is 16.5. The number of nitrogens with zero attached hydrogens (tertiary/aromatic N) is 1. The van der Waals surface area contributed by atoms with Gasteiger partial charge in [0, 0.05) is 31.3 Å². The number of aromatic hydroxyl groups is 1. The zero-order valence-corrected chi connectivity index (χ0v) is 10.8. The largest absolute Gasteiger partial charge is 0.508 e. The molecule has 0 amide bonds. The van der Waals surface area contributed by atoms with Gasteiger partial charge in [0.15, 0.2) is 0 Å². The van der Waals surface area contributed by atoms with E-state index in [4.69, 9.17) is 4.74 Å². The molecule has 2 heterocycles. The second kappa shape index (κ2) is 5.45. The van der Waals surface area contributed by atoms with Crippen LogP contribution in [-0.4, -0.2) is 29.8 Å². The van der Waals surface area contributed by atoms with Gasteiger partial charge in [-0.1, -0.05) is 6.07 Å². The maximum absolute atomic E-state index is 9.58. The normalized spacial score (nSPS) is 18.8. The summed E-state index contributed by atoms with van der Waals surface area (Å²) in [6.07, 6.45) is 4.04. The predicted molar refractivity (Wildman–Crippen MR) is 75.4 cm³/mol. The SMILES string of the molecule is Oc1ccc2ccnc(NCCC3CCOC3)c2c1. The van der Waals surface area contributed by atoms with Crippen LogP contribution in [-0.2, 0) is 4.74 Å². The third-order valence-electron chi connectivity index (χ3n) is 3.62. The van der Waals surface area contributed by atoms with E-state index >= 15 is 0 Å². The molecule has 4 heteroatoms. The maximum Gasteiger partial charge on any atom is 0.133 e. The zero-order valence-electron chi connectivity index (χ0n) is 10.8. The van der Waals surface area contributed by atoms with Gasteiger partial charge in [0.05, 0.1) is 0 Å². The molecule has 0 spiro atoms. The third-order valence-corrected chi connectivity index (χ3v) is 3.62. The molecule has 2 aromatic rings. The Morgan fingerprint density at radius 2 is 2.32 bits per heavy atom. The van der Waals surface area contributed by atoms with Gasteiger partial charge in [-0.2, -0.15) is 0 Å². The highest BCUT2D eigenvalue weighted by Crippen LogP contribution is 2.25. The van der Waals surface area contributed by atoms with Gasteiger partial charge in [0.1, 0.15) is 11.6 Å². The Kier molecular flexibility index (Phi) is 3.51. The number of hydrogen-bond acceptors (Lipinski definition) is 4. The fraction of sp³-hybridized carbons (Fsp3) is 0.400. The van der Waals surface area contributed by atoms with E-state index in [1.807, 2.05) is 12.1 Å². The van der Waals surface area contributed by atoms with Crippen molar-refractivity contribution < 1.29 is 9.84 Å². The minimum atomic E-state index is 0.271. The van der Waals surface area contributed by atoms with E-state index in [0.717, 1.165) is 49.2 Å². The number of pyridine rings is 1. The van der Waals surface area contributed by atoms with E-state index < -0.39 is 0 Å². The number of benzene rings is 1. The summed E-state index contributed by atoms with van der Waals surface area (Å²) in [5.41, 5.74) is 0. The Balaban J connectivity index is 1.71. The molecule has 1 aliphatic heterocycles. The van der Waals surface area contributed by atoms with Crippen molar-refractivity contribution in [2.24, 2.45) is 5.92 Å². The molecule has 0 radical (unpaired) electrons. The summed E-state index contributed by atoms with van der Waals surface area (Å²) in [6.45, 7) is 2.66. The Morgan fingerprint density at radius 3 is 3.16 bits per heavy atom. The number of ether oxygens (including phenoxy) is 1. The first-order chi connectivity index (χ1) is 9.33. The smallest absolute Gasteiger partial charge is 0.133 e. The molecule has 1 aliphatic rings. The molecule has 1 unspecified atom stereocenters. The monoisotopic (exact) mass is 258 g/mol. The topological polar surface area (TPSA) is 54.4 Å². The van der Waals surface area contributed by atoms with Gasteiger partial charge in [0.25, 0.3) is 0 Å². The Morgan fingerprint density at radius 1 is 1.37 bits per heavy atom. The average Bonchev–Trinajstić information content (AvgIpc) is 2.92. The summed E-state index contributed by atoms with van der Waals surface area (Å²) in [7, 11) is 0. The number of fused-ring (bicyclic) bond motifs is 1. The van der Waals surface area contributed by atoms with Crippen molar-refractivity contribution in [3.63, 3.8) is 0 Å². The molecule has 1 aromatic carbocycles. The summed E-state index contributed by atoms with van der Waals surface area (Å²) in [4.78, 5) is 4.36. The van der Waals surface area contributed by atoms with Crippen LogP contribution in [0.4, 0.5) is 5.82 Å². The number of nitrogens with one attached hydrogen (secondary N) is 1. The highest BCUT2D eigenvalue weighted by molar-refractivity contribution is 5.92. The maximum atomic E-state index is 9.58. The third kappa shape index (κ3) is 2.79. The van der Waals surface area contributed by atoms with Crippen molar-refractivity contribution >= 4 is 16.6 Å². The molecule has 1 fully saturated rings. The van der Waals surface area contributed by atoms with Crippen LogP contribution in [0.2, 0.25) is 0 Å². The van der Waals surface area contributed by atoms with E-state index in [2.05, 4.69) is 10.3 Å². The van der Waals surface area contributed by atoms with E-state index in [0.29, 0.717) is 5.92 Å². The fourth-order valence-corrected chi connectivity index (χ4v) is 2.50. The van der Waals surface area contributed by atoms with Crippen LogP contribution in [0.1, 0.15) is 12.8 Å². The van der Waals surface area contributed by atoms with Crippen LogP contribution in [0.25, 0.3) is 10.8 Å². The molecule has 0 aliphatic carbocycles. The minimum absolute atomic E-state index is 0.271. The molecular formula is C15H18N2O2. The standard InChI is InChI=1S/C15H18N2O2/c18-13-2-1-12-4-7-17-15(14(12)9-13)16-6-3-11-5-8-19-10-11/h1-2,4,7,9,11,18H,3,5-6,8,10H2,(H,16,17). The molecule has 1 saturated heterocycles. The summed E-state index contributed by atoms with van der Waals surface area (Å²) >= 11 is 0. The lowest BCUT2D eigenvalue weighted by Gasteiger charge is -2.11. The highest BCUT2D eigenvalue weighted by Gasteiger charge is 2.15. The average molecular weight is 258 g/mol. The molecule has 0 bridgehead atoms. The van der Waals surface area contributed by atoms with Gasteiger partial charge in [-0.05, 0) is 42.3 Å². The van der Waals surface area contributed by atoms with Gasteiger partial charge >= 0.3 is 0 Å². The van der Waals surface area contributed by atoms with E-state index in [1.165, 1.54) is 0 Å². The fourth-order valence-electron chi connectivity index (χ4n) is 2.50. The molecule has 19 heavy (non-hydrogen) atoms. The Hall–Kier alpha value is -1.81. The minimum Gasteiger partial charge on any atom is -0.508 e. The molecule has 4 nitrogen and oxygen atoms in total. The lowest BCUT2D eigenvalue weighted by atomic mass is 10.1. The summed E-state index contributed by atoms with van der Waals surface area (Å²) < 4.78 is 5.37. The van der Waals surface area contributed by atoms with Crippen molar-refractivity contribution in [3.05, 3.63) is 30.5 Å². The van der Waals surface area contributed by atoms with Crippen molar-refractivity contribution in [1.82, 2.24) is 4.98 Å². The first-order valence-corrected chi connectivity index (χ1v) is 6.72. The predicted octanol–water partition coefficient (Wildman–Crippen LogP) is 2.78. The van der Waals surface area contributed by atoms with Crippen molar-refractivity contribution in [1.29, 1.82) is 0 Å². The van der Waals surface area contributed by atoms with Gasteiger partial charge in [0.2, 0.25) is 0 Å². The van der Waals surface area contributed by atoms with Crippen molar-refractivity contribution in [3.8, 4) is 5.75 Å². The lowest BCUT2D eigenvalue weighted by Crippen LogP contribution is -2.10. The van der Waals surface area contributed by atoms with E-state index in [9.17, 15) is 5.11 Å². The molecule has 2 N–H and O–H groups in total. The first-order valence-electron chi connectivity index (χ1n) is 6.72. The van der Waals surface area contributed by atoms with Gasteiger partial charge in [-0.15, -0.1) is 0 Å². The number of phenolic OH excluding ortho intramolecular Hbond substituents is 1. The van der Waals surface area contributed by atoms with Crippen LogP contribution >= 0.6 is 0 Å². The molecule has 100 valence electrons. The van der Waals surface area contributed by atoms with E-state index in [1.54, 1.807) is 18.3 Å². The molecular weight excluding hydrogens is 240 g/mol. The molecule has 0 saturated carbocycles. The van der Waals surface area contributed by atoms with Crippen molar-refractivity contribution in [2.75, 3.05) is 25.1 Å². The molecule has 1 aromatic heterocycles. The summed E-state index contributed by atoms with van der Waals surface area (Å²) in [5, 5.41) is 15.0. The van der Waals surface area contributed by atoms with Crippen LogP contribution in [0.3, 0.4) is 0 Å². The first kappa shape index (κ1) is 12.2. The molecule has 3 rings (SSSR count). The van der Waals surface area contributed by atoms with Crippen molar-refractivity contribution in [2.45, 2.75) is 12.8 Å². The Bertz CT molecular complexity index is 565. The number of aromatic nitrogens is 1. The summed E-state index contributed by atoms with van der Waals surface area (Å²) in [6, 6.07) is 7.30. The Labute approximate surface area is 112 Å². The number of rotatable bonds is 4. The van der Waals surface area contributed by atoms with Crippen LogP contribution < -0.4 is 5.32 Å². The zero-order chi connectivity index (χ0) is 13.1. The van der Waals surface area contributed by atoms with E-state index in [-0.39, 0.29) is 5.75 Å². The van der Waals surface area contributed by atoms with Crippen LogP contribution in [0.15, 0.2) is 30.5 Å². The van der Waals surface area contributed by atoms with Crippen LogP contribution in [0.5, 0.6) is 5.75 Å². The summed E-state index contributed by atoms with van der Waals surface area (Å²) in [5.74, 6) is 1.77. The second-order valence-corrected chi connectivity index (χ2v) is 5.01. The number of hydrogen-bond donors (Lipinski definition) is 2. The van der Waals surface area contributed by atoms with Gasteiger partial charge in [-0.3, -0.25) is 0 Å². The van der Waals surface area contributed by atoms with Gasteiger partial charge < -0.3 is 15.2 Å². The quantitative estimate of drug-likeness (QED) is 0.885. The lowest BCUT2D eigenvalue weighted by molar-refractivity contribution is 0.185. The second-order valence-electron chi connectivity index (χ2n) is 5.01. The number of anilines is 1. The number of phenols is 1. The van der Waals surface area contributed by atoms with Gasteiger partial charge in [-0.25, -0.2) is 4.98 Å². The molecule has 1 atom stereocenters.